The van der Waals surface area contributed by atoms with Gasteiger partial charge >= 0.3 is 0 Å². The molecule has 0 aromatic rings. The molecule has 4 aliphatic carbocycles. The number of hydrogen-bond acceptors (Lipinski definition) is 3. The fourth-order valence-electron chi connectivity index (χ4n) is 6.27. The molecule has 8 atom stereocenters. The van der Waals surface area contributed by atoms with Crippen LogP contribution in [0.5, 0.6) is 0 Å². The van der Waals surface area contributed by atoms with E-state index in [1.54, 1.807) is 13.8 Å². The van der Waals surface area contributed by atoms with Gasteiger partial charge in [-0.05, 0) is 80.0 Å². The molecule has 4 rings (SSSR count). The number of carbonyl (C=O) groups is 2. The van der Waals surface area contributed by atoms with Gasteiger partial charge in [0.15, 0.2) is 5.78 Å². The summed E-state index contributed by atoms with van der Waals surface area (Å²) >= 11 is 0. The van der Waals surface area contributed by atoms with Gasteiger partial charge in [-0.15, -0.1) is 0 Å². The number of carbonyl (C=O) groups excluding carboxylic acids is 2. The smallest absolute Gasteiger partial charge is 0.155 e. The molecule has 0 amide bonds. The van der Waals surface area contributed by atoms with Gasteiger partial charge in [0, 0.05) is 21.9 Å². The number of aliphatic hydroxyl groups is 1. The van der Waals surface area contributed by atoms with Gasteiger partial charge in [-0.2, -0.15) is 0 Å². The maximum Gasteiger partial charge on any atom is 0.155 e. The first kappa shape index (κ1) is 9.66. The maximum atomic E-state index is 12.8. The standard InChI is InChI=1S/C21H30O3/c1-12(22)16-6-7-17-15-5-4-13-10-14(23)8-9-20(13,2)19(15)18(24)11-21(16,17)3/h10,15-19,24H,4-9,11H2,1-3H3/t15?,16-,17?,18+,19?,20+,21-/m1/s1/i1D3,4D,8D2,10D,16D/t4?,15?,16-,17?,18+,19?,20+,21-. The monoisotopic (exact) mass is 338 g/mol. The molecule has 0 bridgehead atoms. The topological polar surface area (TPSA) is 54.4 Å². The lowest BCUT2D eigenvalue weighted by molar-refractivity contribution is -0.143. The predicted octanol–water partition coefficient (Wildman–Crippen LogP) is 3.69. The van der Waals surface area contributed by atoms with Crippen molar-refractivity contribution < 1.29 is 25.7 Å². The zero-order chi connectivity index (χ0) is 24.2. The van der Waals surface area contributed by atoms with Crippen LogP contribution in [0.4, 0.5) is 0 Å². The van der Waals surface area contributed by atoms with Crippen molar-refractivity contribution in [2.24, 2.45) is 34.5 Å². The fraction of sp³-hybridized carbons (Fsp3) is 0.810. The van der Waals surface area contributed by atoms with Crippen molar-refractivity contribution in [3.05, 3.63) is 11.6 Å². The van der Waals surface area contributed by atoms with E-state index in [9.17, 15) is 14.7 Å². The highest BCUT2D eigenvalue weighted by molar-refractivity contribution is 5.91. The number of Topliss-reactive ketones (excluding diaryl/α,β-unsaturated/α-hetero) is 1. The molecule has 0 aromatic carbocycles. The summed E-state index contributed by atoms with van der Waals surface area (Å²) in [5.41, 5.74) is -1.90. The summed E-state index contributed by atoms with van der Waals surface area (Å²) in [4.78, 5) is 25.3. The second-order valence-electron chi connectivity index (χ2n) is 8.41. The number of fused-ring (bicyclic) bond motifs is 5. The van der Waals surface area contributed by atoms with Crippen LogP contribution in [0.15, 0.2) is 11.6 Å². The third-order valence-electron chi connectivity index (χ3n) is 7.32. The van der Waals surface area contributed by atoms with Crippen LogP contribution in [0.25, 0.3) is 0 Å². The van der Waals surface area contributed by atoms with Crippen molar-refractivity contribution in [1.29, 1.82) is 0 Å². The van der Waals surface area contributed by atoms with Gasteiger partial charge < -0.3 is 5.11 Å². The van der Waals surface area contributed by atoms with Gasteiger partial charge in [0.2, 0.25) is 0 Å². The van der Waals surface area contributed by atoms with E-state index >= 15 is 0 Å². The second kappa shape index (κ2) is 5.27. The molecule has 3 saturated carbocycles. The average Bonchev–Trinajstić information content (AvgIpc) is 2.89. The Bertz CT molecular complexity index is 913. The minimum absolute atomic E-state index is 0.0139. The molecule has 0 spiro atoms. The van der Waals surface area contributed by atoms with Gasteiger partial charge in [-0.25, -0.2) is 0 Å². The molecule has 3 nitrogen and oxygen atoms in total. The molecule has 0 aromatic heterocycles. The minimum Gasteiger partial charge on any atom is -0.393 e. The molecular weight excluding hydrogens is 300 g/mol. The summed E-state index contributed by atoms with van der Waals surface area (Å²) in [5.74, 6) is -5.08. The van der Waals surface area contributed by atoms with E-state index in [4.69, 9.17) is 11.0 Å². The third kappa shape index (κ3) is 2.06. The van der Waals surface area contributed by atoms with Crippen LogP contribution < -0.4 is 0 Å². The van der Waals surface area contributed by atoms with Crippen LogP contribution in [0.3, 0.4) is 0 Å². The predicted molar refractivity (Wildman–Crippen MR) is 92.3 cm³/mol. The first-order valence-corrected chi connectivity index (χ1v) is 8.83. The van der Waals surface area contributed by atoms with Crippen molar-refractivity contribution in [2.45, 2.75) is 71.7 Å². The van der Waals surface area contributed by atoms with E-state index in [-0.39, 0.29) is 43.1 Å². The van der Waals surface area contributed by atoms with Crippen molar-refractivity contribution >= 4 is 11.6 Å². The number of aliphatic hydroxyl groups excluding tert-OH is 1. The molecule has 4 aliphatic rings. The zero-order valence-electron chi connectivity index (χ0n) is 22.2. The average molecular weight is 339 g/mol. The van der Waals surface area contributed by atoms with E-state index in [2.05, 4.69) is 0 Å². The Morgan fingerprint density at radius 1 is 1.46 bits per heavy atom. The summed E-state index contributed by atoms with van der Waals surface area (Å²) in [6.45, 7) is 0.503. The molecule has 132 valence electrons. The summed E-state index contributed by atoms with van der Waals surface area (Å²) in [6, 6.07) is -0.471. The Kier molecular flexibility index (Phi) is 2.12. The largest absolute Gasteiger partial charge is 0.393 e. The summed E-state index contributed by atoms with van der Waals surface area (Å²) in [5, 5.41) is 11.4. The lowest BCUT2D eigenvalue weighted by atomic mass is 9.46. The molecule has 0 radical (unpaired) electrons. The normalized spacial score (nSPS) is 64.6. The molecule has 0 heterocycles. The number of rotatable bonds is 1. The molecule has 0 saturated heterocycles. The van der Waals surface area contributed by atoms with Crippen LogP contribution in [0, 0.1) is 34.5 Å². The number of ketones is 2. The first-order valence-electron chi connectivity index (χ1n) is 12.9. The van der Waals surface area contributed by atoms with Crippen molar-refractivity contribution in [2.75, 3.05) is 0 Å². The number of allylic oxidation sites excluding steroid dienone is 1. The summed E-state index contributed by atoms with van der Waals surface area (Å²) in [7, 11) is 0. The van der Waals surface area contributed by atoms with Gasteiger partial charge in [-0.3, -0.25) is 9.59 Å². The lowest BCUT2D eigenvalue weighted by Gasteiger charge is -2.59. The second-order valence-corrected chi connectivity index (χ2v) is 8.41. The highest BCUT2D eigenvalue weighted by Crippen LogP contribution is 2.66. The summed E-state index contributed by atoms with van der Waals surface area (Å²) < 4.78 is 65.2. The zero-order valence-corrected chi connectivity index (χ0v) is 14.2. The van der Waals surface area contributed by atoms with Gasteiger partial charge in [0.05, 0.1) is 7.47 Å². The van der Waals surface area contributed by atoms with Gasteiger partial charge in [-0.1, -0.05) is 19.4 Å². The molecule has 24 heavy (non-hydrogen) atoms. The van der Waals surface area contributed by atoms with Crippen molar-refractivity contribution in [3.63, 3.8) is 0 Å². The van der Waals surface area contributed by atoms with Crippen LogP contribution in [0.1, 0.15) is 76.5 Å². The Morgan fingerprint density at radius 2 is 2.25 bits per heavy atom. The van der Waals surface area contributed by atoms with Crippen LogP contribution in [-0.4, -0.2) is 22.8 Å². The first-order chi connectivity index (χ1) is 14.4. The Balaban J connectivity index is 1.82. The fourth-order valence-corrected chi connectivity index (χ4v) is 6.27. The van der Waals surface area contributed by atoms with Crippen LogP contribution >= 0.6 is 0 Å². The highest BCUT2D eigenvalue weighted by Gasteiger charge is 2.62. The molecule has 1 N–H and O–H groups in total. The Morgan fingerprint density at radius 3 is 3.00 bits per heavy atom. The van der Waals surface area contributed by atoms with Crippen molar-refractivity contribution in [1.82, 2.24) is 0 Å². The Labute approximate surface area is 156 Å². The third-order valence-corrected chi connectivity index (χ3v) is 7.32. The van der Waals surface area contributed by atoms with E-state index in [1.165, 1.54) is 0 Å². The van der Waals surface area contributed by atoms with Crippen LogP contribution in [-0.2, 0) is 9.59 Å². The molecule has 4 unspecified atom stereocenters. The SMILES string of the molecule is [2H]C1=C2C([2H])CC3C([C@@H](O)C[C@@]4(C)C3CC[C@]4([2H])C(=O)C([2H])([2H])[2H])[C@@]2(C)CC([2H])([2H])C1=O. The van der Waals surface area contributed by atoms with E-state index in [0.29, 0.717) is 6.42 Å². The lowest BCUT2D eigenvalue weighted by Crippen LogP contribution is -2.56. The van der Waals surface area contributed by atoms with Gasteiger partial charge in [0.25, 0.3) is 0 Å². The van der Waals surface area contributed by atoms with E-state index < -0.39 is 66.0 Å². The van der Waals surface area contributed by atoms with Gasteiger partial charge in [0.1, 0.15) is 5.78 Å². The highest BCUT2D eigenvalue weighted by atomic mass is 16.3. The quantitative estimate of drug-likeness (QED) is 0.793. The van der Waals surface area contributed by atoms with Crippen molar-refractivity contribution in [3.8, 4) is 0 Å². The molecule has 0 aliphatic heterocycles. The maximum absolute atomic E-state index is 12.8. The van der Waals surface area contributed by atoms with Crippen LogP contribution in [0.2, 0.25) is 0 Å². The van der Waals surface area contributed by atoms with E-state index in [0.717, 1.165) is 0 Å². The molecular formula is C21H30O3. The van der Waals surface area contributed by atoms with E-state index in [1.807, 2.05) is 0 Å². The molecule has 3 fully saturated rings. The Hall–Kier alpha value is -0.960. The summed E-state index contributed by atoms with van der Waals surface area (Å²) in [6.07, 6.45) is -3.79. The minimum atomic E-state index is -2.92. The molecule has 3 heteroatoms. The number of hydrogen-bond donors (Lipinski definition) is 1.